The molecule has 2 aromatic carbocycles. The zero-order valence-electron chi connectivity index (χ0n) is 17.4. The van der Waals surface area contributed by atoms with Gasteiger partial charge in [0.15, 0.2) is 0 Å². The van der Waals surface area contributed by atoms with Gasteiger partial charge in [-0.1, -0.05) is 18.2 Å². The fourth-order valence-corrected chi connectivity index (χ4v) is 5.53. The summed E-state index contributed by atoms with van der Waals surface area (Å²) in [7, 11) is -4.41. The fourth-order valence-electron chi connectivity index (χ4n) is 3.28. The summed E-state index contributed by atoms with van der Waals surface area (Å²) in [6.07, 6.45) is 1.17. The van der Waals surface area contributed by atoms with Crippen molar-refractivity contribution in [2.45, 2.75) is 17.7 Å². The van der Waals surface area contributed by atoms with Gasteiger partial charge in [-0.2, -0.15) is 17.0 Å². The average Bonchev–Trinajstić information content (AvgIpc) is 2.74. The first kappa shape index (κ1) is 23.2. The van der Waals surface area contributed by atoms with Crippen LogP contribution >= 0.6 is 0 Å². The first-order chi connectivity index (χ1) is 14.6. The minimum absolute atomic E-state index is 0.0651. The Morgan fingerprint density at radius 2 is 1.61 bits per heavy atom. The predicted octanol–water partition coefficient (Wildman–Crippen LogP) is 1.94. The van der Waals surface area contributed by atoms with Crippen LogP contribution in [-0.2, 0) is 25.0 Å². The van der Waals surface area contributed by atoms with E-state index in [1.807, 2.05) is 0 Å². The third kappa shape index (κ3) is 5.62. The van der Waals surface area contributed by atoms with Gasteiger partial charge in [0.2, 0.25) is 5.91 Å². The van der Waals surface area contributed by atoms with Gasteiger partial charge in [-0.05, 0) is 49.2 Å². The maximum Gasteiger partial charge on any atom is 0.281 e. The number of anilines is 2. The summed E-state index contributed by atoms with van der Waals surface area (Å²) >= 11 is 0. The molecular formula is C20H26N4O5S2. The van der Waals surface area contributed by atoms with Crippen LogP contribution in [0.5, 0.6) is 0 Å². The number of nitrogens with zero attached hydrogens (tertiary/aromatic N) is 2. The molecule has 3 rings (SSSR count). The van der Waals surface area contributed by atoms with Crippen LogP contribution in [0.25, 0.3) is 0 Å². The lowest BCUT2D eigenvalue weighted by Gasteiger charge is -2.32. The summed E-state index contributed by atoms with van der Waals surface area (Å²) in [5.74, 6) is -0.775. The number of piperidine rings is 1. The van der Waals surface area contributed by atoms with Crippen molar-refractivity contribution in [1.82, 2.24) is 8.61 Å². The van der Waals surface area contributed by atoms with Gasteiger partial charge in [-0.15, -0.1) is 0 Å². The van der Waals surface area contributed by atoms with E-state index in [1.54, 1.807) is 30.3 Å². The van der Waals surface area contributed by atoms with Crippen LogP contribution in [-0.4, -0.2) is 58.5 Å². The lowest BCUT2D eigenvalue weighted by Crippen LogP contribution is -2.47. The highest BCUT2D eigenvalue weighted by atomic mass is 32.2. The maximum absolute atomic E-state index is 12.7. The summed E-state index contributed by atoms with van der Waals surface area (Å²) in [6, 6.07) is 14.4. The SMILES string of the molecule is CN(C)S(=O)(=O)N1CCC[C@@H](C(=O)Nc2ccc(S(=O)(=O)Nc3ccccc3)cc2)C1. The molecule has 0 saturated carbocycles. The van der Waals surface area contributed by atoms with Crippen molar-refractivity contribution in [3.8, 4) is 0 Å². The molecule has 1 aliphatic heterocycles. The number of para-hydroxylation sites is 1. The van der Waals surface area contributed by atoms with Crippen LogP contribution in [0.2, 0.25) is 0 Å². The minimum atomic E-state index is -3.75. The first-order valence-corrected chi connectivity index (χ1v) is 12.6. The number of amides is 1. The standard InChI is InChI=1S/C20H26N4O5S2/c1-23(2)31(28,29)24-14-6-7-16(15-24)20(25)21-17-10-12-19(13-11-17)30(26,27)22-18-8-4-3-5-9-18/h3-5,8-13,16,22H,6-7,14-15H2,1-2H3,(H,21,25)/t16-/m1/s1. The average molecular weight is 467 g/mol. The van der Waals surface area contributed by atoms with Crippen LogP contribution in [0.4, 0.5) is 11.4 Å². The van der Waals surface area contributed by atoms with Gasteiger partial charge in [0, 0.05) is 38.6 Å². The van der Waals surface area contributed by atoms with Gasteiger partial charge >= 0.3 is 0 Å². The van der Waals surface area contributed by atoms with Crippen molar-refractivity contribution in [1.29, 1.82) is 0 Å². The van der Waals surface area contributed by atoms with Crippen molar-refractivity contribution in [2.24, 2.45) is 5.92 Å². The Morgan fingerprint density at radius 1 is 0.968 bits per heavy atom. The van der Waals surface area contributed by atoms with Crippen molar-refractivity contribution in [3.05, 3.63) is 54.6 Å². The summed E-state index contributed by atoms with van der Waals surface area (Å²) in [5.41, 5.74) is 0.894. The van der Waals surface area contributed by atoms with Crippen molar-refractivity contribution >= 4 is 37.5 Å². The number of rotatable bonds is 7. The number of carbonyl (C=O) groups excluding carboxylic acids is 1. The van der Waals surface area contributed by atoms with Gasteiger partial charge in [-0.25, -0.2) is 8.42 Å². The molecule has 0 radical (unpaired) electrons. The summed E-state index contributed by atoms with van der Waals surface area (Å²) in [4.78, 5) is 12.7. The number of nitrogens with one attached hydrogen (secondary N) is 2. The van der Waals surface area contributed by atoms with E-state index in [-0.39, 0.29) is 17.3 Å². The number of sulfonamides is 1. The molecule has 0 unspecified atom stereocenters. The van der Waals surface area contributed by atoms with Gasteiger partial charge in [-0.3, -0.25) is 9.52 Å². The highest BCUT2D eigenvalue weighted by Crippen LogP contribution is 2.23. The normalized spacial score (nSPS) is 18.0. The van der Waals surface area contributed by atoms with Gasteiger partial charge < -0.3 is 5.32 Å². The summed E-state index contributed by atoms with van der Waals surface area (Å²) in [5, 5.41) is 2.75. The fraction of sp³-hybridized carbons (Fsp3) is 0.350. The number of hydrogen-bond donors (Lipinski definition) is 2. The third-order valence-corrected chi connectivity index (χ3v) is 8.31. The molecule has 168 valence electrons. The summed E-state index contributed by atoms with van der Waals surface area (Å²) in [6.45, 7) is 0.491. The summed E-state index contributed by atoms with van der Waals surface area (Å²) < 4.78 is 54.6. The van der Waals surface area contributed by atoms with E-state index in [1.165, 1.54) is 42.7 Å². The third-order valence-electron chi connectivity index (χ3n) is 5.00. The van der Waals surface area contributed by atoms with Crippen molar-refractivity contribution < 1.29 is 21.6 Å². The minimum Gasteiger partial charge on any atom is -0.326 e. The van der Waals surface area contributed by atoms with Crippen LogP contribution < -0.4 is 10.0 Å². The van der Waals surface area contributed by atoms with E-state index in [9.17, 15) is 21.6 Å². The molecule has 9 nitrogen and oxygen atoms in total. The highest BCUT2D eigenvalue weighted by Gasteiger charge is 2.33. The van der Waals surface area contributed by atoms with E-state index >= 15 is 0 Å². The Balaban J connectivity index is 1.65. The van der Waals surface area contributed by atoms with Gasteiger partial charge in [0.1, 0.15) is 0 Å². The highest BCUT2D eigenvalue weighted by molar-refractivity contribution is 7.92. The monoisotopic (exact) mass is 466 g/mol. The molecule has 1 atom stereocenters. The molecule has 2 aromatic rings. The lowest BCUT2D eigenvalue weighted by atomic mass is 9.99. The Labute approximate surface area is 183 Å². The largest absolute Gasteiger partial charge is 0.326 e. The van der Waals surface area contributed by atoms with Crippen LogP contribution in [0, 0.1) is 5.92 Å². The topological polar surface area (TPSA) is 116 Å². The van der Waals surface area contributed by atoms with Crippen LogP contribution in [0.3, 0.4) is 0 Å². The quantitative estimate of drug-likeness (QED) is 0.647. The zero-order chi connectivity index (χ0) is 22.6. The van der Waals surface area contributed by atoms with Crippen molar-refractivity contribution in [3.63, 3.8) is 0 Å². The lowest BCUT2D eigenvalue weighted by molar-refractivity contribution is -0.120. The Kier molecular flexibility index (Phi) is 6.99. The van der Waals surface area contributed by atoms with Crippen LogP contribution in [0.1, 0.15) is 12.8 Å². The molecule has 1 heterocycles. The smallest absolute Gasteiger partial charge is 0.281 e. The maximum atomic E-state index is 12.7. The van der Waals surface area contributed by atoms with E-state index < -0.39 is 26.2 Å². The molecule has 31 heavy (non-hydrogen) atoms. The van der Waals surface area contributed by atoms with Gasteiger partial charge in [0.05, 0.1) is 10.8 Å². The second kappa shape index (κ2) is 9.35. The second-order valence-electron chi connectivity index (χ2n) is 7.47. The molecule has 11 heteroatoms. The Morgan fingerprint density at radius 3 is 2.23 bits per heavy atom. The van der Waals surface area contributed by atoms with E-state index in [4.69, 9.17) is 0 Å². The van der Waals surface area contributed by atoms with E-state index in [2.05, 4.69) is 10.0 Å². The Bertz CT molecular complexity index is 1120. The zero-order valence-corrected chi connectivity index (χ0v) is 19.0. The molecule has 2 N–H and O–H groups in total. The second-order valence-corrected chi connectivity index (χ2v) is 11.3. The molecule has 0 spiro atoms. The molecule has 1 saturated heterocycles. The Hall–Kier alpha value is -2.47. The van der Waals surface area contributed by atoms with Crippen LogP contribution in [0.15, 0.2) is 59.5 Å². The van der Waals surface area contributed by atoms with Gasteiger partial charge in [0.25, 0.3) is 20.2 Å². The molecule has 0 aromatic heterocycles. The molecule has 0 aliphatic carbocycles. The molecule has 1 amide bonds. The van der Waals surface area contributed by atoms with E-state index in [0.717, 1.165) is 4.31 Å². The van der Waals surface area contributed by atoms with E-state index in [0.29, 0.717) is 30.8 Å². The predicted molar refractivity (Wildman–Crippen MR) is 119 cm³/mol. The first-order valence-electron chi connectivity index (χ1n) is 9.76. The molecule has 0 bridgehead atoms. The molecule has 1 aliphatic rings. The number of hydrogen-bond acceptors (Lipinski definition) is 5. The number of carbonyl (C=O) groups is 1. The number of benzene rings is 2. The molecule has 1 fully saturated rings. The molecular weight excluding hydrogens is 440 g/mol. The van der Waals surface area contributed by atoms with Crippen molar-refractivity contribution in [2.75, 3.05) is 37.2 Å².